The van der Waals surface area contributed by atoms with Crippen LogP contribution in [0, 0.1) is 10.1 Å². The van der Waals surface area contributed by atoms with Crippen LogP contribution >= 0.6 is 11.6 Å². The van der Waals surface area contributed by atoms with Gasteiger partial charge in [0.1, 0.15) is 12.4 Å². The minimum absolute atomic E-state index is 0.0947. The molecule has 1 heterocycles. The molecule has 0 saturated heterocycles. The Morgan fingerprint density at radius 1 is 1.45 bits per heavy atom. The van der Waals surface area contributed by atoms with Crippen molar-refractivity contribution >= 4 is 17.3 Å². The van der Waals surface area contributed by atoms with E-state index < -0.39 is 11.0 Å². The number of hydrogen-bond donors (Lipinski definition) is 1. The minimum Gasteiger partial charge on any atom is -0.389 e. The Kier molecular flexibility index (Phi) is 5.48. The fourth-order valence-electron chi connectivity index (χ4n) is 1.90. The first kappa shape index (κ1) is 16.4. The SMILES string of the molecule is CC(OCC(O)Cn1cc([N+](=O)[O-])cn1)c1ccc(Cl)cc1. The molecule has 0 amide bonds. The molecule has 0 spiro atoms. The van der Waals surface area contributed by atoms with E-state index in [2.05, 4.69) is 5.10 Å². The molecule has 7 nitrogen and oxygen atoms in total. The zero-order chi connectivity index (χ0) is 16.1. The van der Waals surface area contributed by atoms with Crippen molar-refractivity contribution < 1.29 is 14.8 Å². The lowest BCUT2D eigenvalue weighted by molar-refractivity contribution is -0.385. The van der Waals surface area contributed by atoms with E-state index in [0.717, 1.165) is 11.8 Å². The zero-order valence-electron chi connectivity index (χ0n) is 11.9. The normalized spacial score (nSPS) is 13.8. The number of nitrogens with zero attached hydrogens (tertiary/aromatic N) is 3. The van der Waals surface area contributed by atoms with E-state index in [-0.39, 0.29) is 24.9 Å². The van der Waals surface area contributed by atoms with Gasteiger partial charge in [0.25, 0.3) is 0 Å². The summed E-state index contributed by atoms with van der Waals surface area (Å²) in [4.78, 5) is 10.0. The lowest BCUT2D eigenvalue weighted by atomic mass is 10.1. The Hall–Kier alpha value is -1.96. The van der Waals surface area contributed by atoms with Gasteiger partial charge >= 0.3 is 5.69 Å². The van der Waals surface area contributed by atoms with Gasteiger partial charge in [0.05, 0.1) is 30.3 Å². The molecule has 1 N–H and O–H groups in total. The first-order valence-electron chi connectivity index (χ1n) is 6.67. The molecule has 2 unspecified atom stereocenters. The van der Waals surface area contributed by atoms with Crippen LogP contribution in [-0.2, 0) is 11.3 Å². The summed E-state index contributed by atoms with van der Waals surface area (Å²) < 4.78 is 6.91. The fourth-order valence-corrected chi connectivity index (χ4v) is 2.03. The van der Waals surface area contributed by atoms with Gasteiger partial charge in [0.2, 0.25) is 0 Å². The Balaban J connectivity index is 1.82. The summed E-state index contributed by atoms with van der Waals surface area (Å²) >= 11 is 5.82. The van der Waals surface area contributed by atoms with E-state index in [1.165, 1.54) is 10.9 Å². The highest BCUT2D eigenvalue weighted by Crippen LogP contribution is 2.19. The number of aliphatic hydroxyl groups excluding tert-OH is 1. The largest absolute Gasteiger partial charge is 0.389 e. The Morgan fingerprint density at radius 3 is 2.73 bits per heavy atom. The maximum absolute atomic E-state index is 10.6. The molecule has 1 aromatic carbocycles. The standard InChI is InChI=1S/C14H16ClN3O4/c1-10(11-2-4-12(15)5-3-11)22-9-14(19)8-17-7-13(6-16-17)18(20)21/h2-7,10,14,19H,8-9H2,1H3. The topological polar surface area (TPSA) is 90.4 Å². The fraction of sp³-hybridized carbons (Fsp3) is 0.357. The molecule has 2 rings (SSSR count). The van der Waals surface area contributed by atoms with Gasteiger partial charge in [-0.2, -0.15) is 5.10 Å². The molecule has 8 heteroatoms. The molecule has 0 bridgehead atoms. The van der Waals surface area contributed by atoms with Crippen LogP contribution in [0.25, 0.3) is 0 Å². The van der Waals surface area contributed by atoms with Gasteiger partial charge in [-0.3, -0.25) is 14.8 Å². The molecule has 22 heavy (non-hydrogen) atoms. The quantitative estimate of drug-likeness (QED) is 0.624. The zero-order valence-corrected chi connectivity index (χ0v) is 12.7. The van der Waals surface area contributed by atoms with Crippen molar-refractivity contribution in [2.45, 2.75) is 25.7 Å². The van der Waals surface area contributed by atoms with E-state index in [9.17, 15) is 15.2 Å². The second-order valence-electron chi connectivity index (χ2n) is 4.86. The average Bonchev–Trinajstić information content (AvgIpc) is 2.94. The average molecular weight is 326 g/mol. The second kappa shape index (κ2) is 7.35. The molecule has 0 aliphatic heterocycles. The van der Waals surface area contributed by atoms with Crippen molar-refractivity contribution in [3.63, 3.8) is 0 Å². The van der Waals surface area contributed by atoms with Gasteiger partial charge < -0.3 is 9.84 Å². The van der Waals surface area contributed by atoms with Gasteiger partial charge in [-0.05, 0) is 24.6 Å². The van der Waals surface area contributed by atoms with Crippen molar-refractivity contribution in [1.82, 2.24) is 9.78 Å². The molecular formula is C14H16ClN3O4. The predicted octanol–water partition coefficient (Wildman–Crippen LogP) is 2.58. The molecule has 0 aliphatic carbocycles. The van der Waals surface area contributed by atoms with Gasteiger partial charge in [0.15, 0.2) is 0 Å². The Bertz CT molecular complexity index is 629. The van der Waals surface area contributed by atoms with Crippen molar-refractivity contribution in [1.29, 1.82) is 0 Å². The summed E-state index contributed by atoms with van der Waals surface area (Å²) in [5.41, 5.74) is 0.842. The minimum atomic E-state index is -0.811. The lowest BCUT2D eigenvalue weighted by Crippen LogP contribution is -2.23. The van der Waals surface area contributed by atoms with Gasteiger partial charge in [-0.25, -0.2) is 0 Å². The van der Waals surface area contributed by atoms with E-state index in [1.807, 2.05) is 19.1 Å². The summed E-state index contributed by atoms with van der Waals surface area (Å²) in [6.07, 6.45) is 1.41. The Labute approximate surface area is 132 Å². The Morgan fingerprint density at radius 2 is 2.14 bits per heavy atom. The molecule has 1 aromatic heterocycles. The third kappa shape index (κ3) is 4.52. The maximum atomic E-state index is 10.6. The molecule has 2 atom stereocenters. The van der Waals surface area contributed by atoms with Crippen molar-refractivity contribution in [2.75, 3.05) is 6.61 Å². The van der Waals surface area contributed by atoms with E-state index in [1.54, 1.807) is 12.1 Å². The summed E-state index contributed by atoms with van der Waals surface area (Å²) in [5, 5.41) is 24.9. The summed E-state index contributed by atoms with van der Waals surface area (Å²) in [5.74, 6) is 0. The molecule has 0 fully saturated rings. The van der Waals surface area contributed by atoms with Crippen molar-refractivity contribution in [3.8, 4) is 0 Å². The predicted molar refractivity (Wildman–Crippen MR) is 80.7 cm³/mol. The van der Waals surface area contributed by atoms with Crippen LogP contribution in [0.4, 0.5) is 5.69 Å². The van der Waals surface area contributed by atoms with E-state index >= 15 is 0 Å². The molecule has 0 saturated carbocycles. The van der Waals surface area contributed by atoms with Crippen LogP contribution in [0.3, 0.4) is 0 Å². The maximum Gasteiger partial charge on any atom is 0.306 e. The second-order valence-corrected chi connectivity index (χ2v) is 5.30. The van der Waals surface area contributed by atoms with Gasteiger partial charge in [-0.1, -0.05) is 23.7 Å². The van der Waals surface area contributed by atoms with Crippen LogP contribution in [-0.4, -0.2) is 32.5 Å². The summed E-state index contributed by atoms with van der Waals surface area (Å²) in [6, 6.07) is 7.26. The first-order chi connectivity index (χ1) is 10.5. The number of hydrogen-bond acceptors (Lipinski definition) is 5. The highest BCUT2D eigenvalue weighted by atomic mass is 35.5. The molecule has 2 aromatic rings. The highest BCUT2D eigenvalue weighted by Gasteiger charge is 2.14. The summed E-state index contributed by atoms with van der Waals surface area (Å²) in [7, 11) is 0. The van der Waals surface area contributed by atoms with E-state index in [0.29, 0.717) is 5.02 Å². The number of halogens is 1. The van der Waals surface area contributed by atoms with Crippen LogP contribution in [0.5, 0.6) is 0 Å². The number of nitro groups is 1. The molecule has 118 valence electrons. The first-order valence-corrected chi connectivity index (χ1v) is 7.05. The number of ether oxygens (including phenoxy) is 1. The lowest BCUT2D eigenvalue weighted by Gasteiger charge is -2.16. The highest BCUT2D eigenvalue weighted by molar-refractivity contribution is 6.30. The van der Waals surface area contributed by atoms with Crippen molar-refractivity contribution in [2.24, 2.45) is 0 Å². The van der Waals surface area contributed by atoms with E-state index in [4.69, 9.17) is 16.3 Å². The number of aliphatic hydroxyl groups is 1. The van der Waals surface area contributed by atoms with Gasteiger partial charge in [0, 0.05) is 5.02 Å². The molecule has 0 aliphatic rings. The van der Waals surface area contributed by atoms with Crippen LogP contribution in [0.15, 0.2) is 36.7 Å². The molecular weight excluding hydrogens is 310 g/mol. The van der Waals surface area contributed by atoms with Crippen LogP contribution < -0.4 is 0 Å². The van der Waals surface area contributed by atoms with Crippen LogP contribution in [0.2, 0.25) is 5.02 Å². The van der Waals surface area contributed by atoms with Crippen LogP contribution in [0.1, 0.15) is 18.6 Å². The monoisotopic (exact) mass is 325 g/mol. The number of benzene rings is 1. The third-order valence-corrected chi connectivity index (χ3v) is 3.36. The molecule has 0 radical (unpaired) electrons. The summed E-state index contributed by atoms with van der Waals surface area (Å²) in [6.45, 7) is 2.09. The van der Waals surface area contributed by atoms with Gasteiger partial charge in [-0.15, -0.1) is 0 Å². The smallest absolute Gasteiger partial charge is 0.306 e. The van der Waals surface area contributed by atoms with Crippen molar-refractivity contribution in [3.05, 3.63) is 57.4 Å². The third-order valence-electron chi connectivity index (χ3n) is 3.11. The number of rotatable bonds is 7. The number of aromatic nitrogens is 2.